The average molecular weight is 213 g/mol. The number of nitrogens with one attached hydrogen (secondary N) is 1. The fraction of sp³-hybridized carbons (Fsp3) is 0.667. The summed E-state index contributed by atoms with van der Waals surface area (Å²) in [7, 11) is 0. The maximum atomic E-state index is 11.1. The number of ether oxygens (including phenoxy) is 1. The first-order valence-corrected chi connectivity index (χ1v) is 4.81. The minimum absolute atomic E-state index is 0.114. The van der Waals surface area contributed by atoms with Crippen LogP contribution in [0.4, 0.5) is 4.79 Å². The molecule has 6 heteroatoms. The van der Waals surface area contributed by atoms with E-state index in [4.69, 9.17) is 9.26 Å². The molecule has 0 saturated carbocycles. The highest BCUT2D eigenvalue weighted by Gasteiger charge is 2.05. The molecule has 0 fully saturated rings. The molecule has 1 rings (SSSR count). The van der Waals surface area contributed by atoms with E-state index in [1.165, 1.54) is 0 Å². The third-order valence-corrected chi connectivity index (χ3v) is 1.53. The second-order valence-corrected chi connectivity index (χ2v) is 3.36. The van der Waals surface area contributed by atoms with Crippen LogP contribution in [0.1, 0.15) is 25.6 Å². The van der Waals surface area contributed by atoms with Crippen molar-refractivity contribution < 1.29 is 14.1 Å². The lowest BCUT2D eigenvalue weighted by Crippen LogP contribution is -2.28. The molecule has 1 aromatic rings. The average Bonchev–Trinajstić information content (AvgIpc) is 2.50. The van der Waals surface area contributed by atoms with E-state index in [1.807, 2.05) is 0 Å². The maximum Gasteiger partial charge on any atom is 0.407 e. The van der Waals surface area contributed by atoms with Crippen molar-refractivity contribution >= 4 is 6.09 Å². The van der Waals surface area contributed by atoms with Gasteiger partial charge in [0.05, 0.1) is 6.10 Å². The monoisotopic (exact) mass is 213 g/mol. The van der Waals surface area contributed by atoms with Crippen LogP contribution >= 0.6 is 0 Å². The van der Waals surface area contributed by atoms with E-state index in [-0.39, 0.29) is 6.10 Å². The van der Waals surface area contributed by atoms with E-state index in [9.17, 15) is 4.79 Å². The molecule has 0 bridgehead atoms. The number of carbonyl (C=O) groups is 1. The minimum Gasteiger partial charge on any atom is -0.447 e. The number of hydrogen-bond acceptors (Lipinski definition) is 5. The second kappa shape index (κ2) is 5.33. The van der Waals surface area contributed by atoms with Gasteiger partial charge in [0.15, 0.2) is 5.82 Å². The van der Waals surface area contributed by atoms with Crippen LogP contribution in [0.5, 0.6) is 0 Å². The van der Waals surface area contributed by atoms with Crippen LogP contribution in [-0.2, 0) is 11.2 Å². The molecule has 1 N–H and O–H groups in total. The Morgan fingerprint density at radius 3 is 2.87 bits per heavy atom. The van der Waals surface area contributed by atoms with E-state index in [0.717, 1.165) is 0 Å². The predicted molar refractivity (Wildman–Crippen MR) is 52.4 cm³/mol. The van der Waals surface area contributed by atoms with Gasteiger partial charge in [-0.2, -0.15) is 4.98 Å². The summed E-state index contributed by atoms with van der Waals surface area (Å²) in [6, 6.07) is 0. The van der Waals surface area contributed by atoms with Crippen LogP contribution in [-0.4, -0.2) is 28.9 Å². The van der Waals surface area contributed by atoms with Crippen LogP contribution in [0.2, 0.25) is 0 Å². The standard InChI is InChI=1S/C9H15N3O3/c1-6(2)14-9(13)10-5-4-8-11-7(3)15-12-8/h6H,4-5H2,1-3H3,(H,10,13). The number of nitrogens with zero attached hydrogens (tertiary/aromatic N) is 2. The molecule has 0 aliphatic rings. The number of carbonyl (C=O) groups excluding carboxylic acids is 1. The number of aromatic nitrogens is 2. The zero-order valence-electron chi connectivity index (χ0n) is 9.11. The predicted octanol–water partition coefficient (Wildman–Crippen LogP) is 1.06. The van der Waals surface area contributed by atoms with Gasteiger partial charge in [-0.25, -0.2) is 4.79 Å². The molecular formula is C9H15N3O3. The molecule has 0 radical (unpaired) electrons. The first-order chi connectivity index (χ1) is 7.08. The number of alkyl carbamates (subject to hydrolysis) is 1. The molecule has 0 spiro atoms. The van der Waals surface area contributed by atoms with Crippen molar-refractivity contribution in [2.45, 2.75) is 33.3 Å². The van der Waals surface area contributed by atoms with Crippen LogP contribution in [0.25, 0.3) is 0 Å². The molecule has 84 valence electrons. The zero-order chi connectivity index (χ0) is 11.3. The number of rotatable bonds is 4. The Hall–Kier alpha value is -1.59. The van der Waals surface area contributed by atoms with E-state index in [2.05, 4.69) is 15.5 Å². The molecule has 0 atom stereocenters. The van der Waals surface area contributed by atoms with Crippen LogP contribution in [0, 0.1) is 6.92 Å². The third kappa shape index (κ3) is 4.44. The van der Waals surface area contributed by atoms with E-state index >= 15 is 0 Å². The summed E-state index contributed by atoms with van der Waals surface area (Å²) in [6.45, 7) is 5.74. The first-order valence-electron chi connectivity index (χ1n) is 4.81. The fourth-order valence-corrected chi connectivity index (χ4v) is 0.975. The lowest BCUT2D eigenvalue weighted by molar-refractivity contribution is 0.116. The van der Waals surface area contributed by atoms with Crippen molar-refractivity contribution in [1.82, 2.24) is 15.5 Å². The highest BCUT2D eigenvalue weighted by atomic mass is 16.6. The Balaban J connectivity index is 2.19. The van der Waals surface area contributed by atoms with Gasteiger partial charge in [-0.3, -0.25) is 0 Å². The zero-order valence-corrected chi connectivity index (χ0v) is 9.11. The van der Waals surface area contributed by atoms with Gasteiger partial charge in [0.1, 0.15) is 0 Å². The summed E-state index contributed by atoms with van der Waals surface area (Å²) < 4.78 is 9.66. The van der Waals surface area contributed by atoms with Gasteiger partial charge < -0.3 is 14.6 Å². The second-order valence-electron chi connectivity index (χ2n) is 3.36. The molecule has 15 heavy (non-hydrogen) atoms. The highest BCUT2D eigenvalue weighted by molar-refractivity contribution is 5.67. The quantitative estimate of drug-likeness (QED) is 0.809. The Bertz CT molecular complexity index is 322. The SMILES string of the molecule is Cc1nc(CCNC(=O)OC(C)C)no1. The van der Waals surface area contributed by atoms with Crippen LogP contribution < -0.4 is 5.32 Å². The van der Waals surface area contributed by atoms with Gasteiger partial charge in [-0.1, -0.05) is 5.16 Å². The van der Waals surface area contributed by atoms with Crippen LogP contribution in [0.3, 0.4) is 0 Å². The van der Waals surface area contributed by atoms with Crippen molar-refractivity contribution in [3.63, 3.8) is 0 Å². The summed E-state index contributed by atoms with van der Waals surface area (Å²) in [5.74, 6) is 1.10. The van der Waals surface area contributed by atoms with Gasteiger partial charge in [0.2, 0.25) is 5.89 Å². The van der Waals surface area contributed by atoms with E-state index < -0.39 is 6.09 Å². The van der Waals surface area contributed by atoms with Gasteiger partial charge in [0.25, 0.3) is 0 Å². The van der Waals surface area contributed by atoms with E-state index in [0.29, 0.717) is 24.7 Å². The first kappa shape index (κ1) is 11.5. The van der Waals surface area contributed by atoms with Crippen molar-refractivity contribution in [3.8, 4) is 0 Å². The molecule has 6 nitrogen and oxygen atoms in total. The normalized spacial score (nSPS) is 10.4. The molecule has 0 aromatic carbocycles. The lowest BCUT2D eigenvalue weighted by Gasteiger charge is -2.08. The van der Waals surface area contributed by atoms with Gasteiger partial charge in [0, 0.05) is 19.9 Å². The third-order valence-electron chi connectivity index (χ3n) is 1.53. The minimum atomic E-state index is -0.426. The van der Waals surface area contributed by atoms with Crippen molar-refractivity contribution in [1.29, 1.82) is 0 Å². The van der Waals surface area contributed by atoms with E-state index in [1.54, 1.807) is 20.8 Å². The Kier molecular flexibility index (Phi) is 4.08. The Morgan fingerprint density at radius 1 is 1.60 bits per heavy atom. The number of hydrogen-bond donors (Lipinski definition) is 1. The molecule has 1 heterocycles. The molecule has 0 aliphatic carbocycles. The lowest BCUT2D eigenvalue weighted by atomic mass is 10.4. The summed E-state index contributed by atoms with van der Waals surface area (Å²) in [5.41, 5.74) is 0. The van der Waals surface area contributed by atoms with Crippen LogP contribution in [0.15, 0.2) is 4.52 Å². The summed E-state index contributed by atoms with van der Waals surface area (Å²) >= 11 is 0. The largest absolute Gasteiger partial charge is 0.447 e. The van der Waals surface area contributed by atoms with Crippen molar-refractivity contribution in [3.05, 3.63) is 11.7 Å². The van der Waals surface area contributed by atoms with Gasteiger partial charge in [-0.15, -0.1) is 0 Å². The summed E-state index contributed by atoms with van der Waals surface area (Å²) in [5, 5.41) is 6.28. The topological polar surface area (TPSA) is 77.2 Å². The summed E-state index contributed by atoms with van der Waals surface area (Å²) in [4.78, 5) is 15.0. The molecule has 1 aromatic heterocycles. The molecule has 0 unspecified atom stereocenters. The Morgan fingerprint density at radius 2 is 2.33 bits per heavy atom. The highest BCUT2D eigenvalue weighted by Crippen LogP contribution is 1.95. The van der Waals surface area contributed by atoms with Crippen molar-refractivity contribution in [2.75, 3.05) is 6.54 Å². The van der Waals surface area contributed by atoms with Gasteiger partial charge in [-0.05, 0) is 13.8 Å². The molecule has 0 saturated heterocycles. The number of amides is 1. The fourth-order valence-electron chi connectivity index (χ4n) is 0.975. The molecular weight excluding hydrogens is 198 g/mol. The summed E-state index contributed by atoms with van der Waals surface area (Å²) in [6.07, 6.45) is -0.00695. The smallest absolute Gasteiger partial charge is 0.407 e. The number of aryl methyl sites for hydroxylation is 1. The Labute approximate surface area is 88.0 Å². The van der Waals surface area contributed by atoms with Gasteiger partial charge >= 0.3 is 6.09 Å². The molecule has 1 amide bonds. The maximum absolute atomic E-state index is 11.1. The van der Waals surface area contributed by atoms with Crippen molar-refractivity contribution in [2.24, 2.45) is 0 Å². The molecule has 0 aliphatic heterocycles.